The van der Waals surface area contributed by atoms with Crippen molar-refractivity contribution in [2.45, 2.75) is 51.2 Å². The van der Waals surface area contributed by atoms with Crippen molar-refractivity contribution in [3.63, 3.8) is 0 Å². The van der Waals surface area contributed by atoms with Crippen LogP contribution in [0.5, 0.6) is 0 Å². The number of rotatable bonds is 6. The van der Waals surface area contributed by atoms with Gasteiger partial charge in [0.1, 0.15) is 17.0 Å². The molecule has 0 radical (unpaired) electrons. The van der Waals surface area contributed by atoms with E-state index in [1.165, 1.54) is 6.20 Å². The number of ether oxygens (including phenoxy) is 2. The number of hydrogen-bond acceptors (Lipinski definition) is 8. The zero-order valence-corrected chi connectivity index (χ0v) is 24.0. The fourth-order valence-electron chi connectivity index (χ4n) is 4.94. The minimum absolute atomic E-state index is 0.0494. The fraction of sp³-hybridized carbons (Fsp3) is 0.400. The van der Waals surface area contributed by atoms with Crippen LogP contribution in [0.1, 0.15) is 49.5 Å². The van der Waals surface area contributed by atoms with Crippen molar-refractivity contribution in [3.8, 4) is 10.4 Å². The lowest BCUT2D eigenvalue weighted by molar-refractivity contribution is 0.00676. The van der Waals surface area contributed by atoms with Crippen molar-refractivity contribution in [3.05, 3.63) is 65.2 Å². The van der Waals surface area contributed by atoms with Gasteiger partial charge in [0.15, 0.2) is 5.78 Å². The van der Waals surface area contributed by atoms with Crippen LogP contribution in [-0.2, 0) is 15.9 Å². The first-order valence-electron chi connectivity index (χ1n) is 13.4. The van der Waals surface area contributed by atoms with Gasteiger partial charge in [0, 0.05) is 54.7 Å². The van der Waals surface area contributed by atoms with Gasteiger partial charge in [-0.3, -0.25) is 15.0 Å². The van der Waals surface area contributed by atoms with E-state index in [1.807, 2.05) is 29.6 Å². The second-order valence-electron chi connectivity index (χ2n) is 11.4. The summed E-state index contributed by atoms with van der Waals surface area (Å²) in [6.45, 7) is 7.59. The molecule has 1 spiro atoms. The fourth-order valence-corrected chi connectivity index (χ4v) is 5.67. The van der Waals surface area contributed by atoms with E-state index in [4.69, 9.17) is 9.47 Å². The number of nitrogens with one attached hydrogen (secondary N) is 1. The molecule has 5 rings (SSSR count). The van der Waals surface area contributed by atoms with E-state index in [2.05, 4.69) is 22.2 Å². The molecule has 2 aromatic heterocycles. The number of Topliss-reactive ketones (excluding diaryl/α,β-unsaturated/α-hetero) is 1. The average Bonchev–Trinajstić information content (AvgIpc) is 3.55. The molecule has 2 amide bonds. The Morgan fingerprint density at radius 3 is 2.58 bits per heavy atom. The van der Waals surface area contributed by atoms with Crippen LogP contribution in [0, 0.1) is 0 Å². The minimum atomic E-state index is -0.654. The summed E-state index contributed by atoms with van der Waals surface area (Å²) in [7, 11) is 2.06. The number of hydrogen-bond donors (Lipinski definition) is 1. The van der Waals surface area contributed by atoms with Crippen LogP contribution in [-0.4, -0.2) is 65.7 Å². The van der Waals surface area contributed by atoms with Gasteiger partial charge in [0.2, 0.25) is 0 Å². The lowest BCUT2D eigenvalue weighted by atomic mass is 9.91. The second kappa shape index (κ2) is 11.0. The molecule has 4 heterocycles. The summed E-state index contributed by atoms with van der Waals surface area (Å²) in [5, 5.41) is 4.78. The standard InChI is InChI=1S/C30H34N4O5S/c1-29(2,3)38-27(36)32-23-9-7-20(25-6-5-15-40-25)16-22(23)17-24(35)21-8-10-26(31-18-21)34-19-30(39-28(34)37)11-13-33(4)14-12-30/h5-10,15-16,18H,11-14,17,19H2,1-4H3,(H,32,36). The highest BCUT2D eigenvalue weighted by Crippen LogP contribution is 2.35. The monoisotopic (exact) mass is 562 g/mol. The van der Waals surface area contributed by atoms with E-state index in [1.54, 1.807) is 55.2 Å². The van der Waals surface area contributed by atoms with Crippen LogP contribution in [0.25, 0.3) is 10.4 Å². The van der Waals surface area contributed by atoms with E-state index in [9.17, 15) is 14.4 Å². The van der Waals surface area contributed by atoms with Gasteiger partial charge >= 0.3 is 12.2 Å². The topological polar surface area (TPSA) is 101 Å². The highest BCUT2D eigenvalue weighted by atomic mass is 32.1. The van der Waals surface area contributed by atoms with Gasteiger partial charge in [-0.05, 0) is 74.7 Å². The maximum atomic E-state index is 13.4. The molecule has 2 aliphatic heterocycles. The average molecular weight is 563 g/mol. The summed E-state index contributed by atoms with van der Waals surface area (Å²) >= 11 is 1.60. The molecule has 9 nitrogen and oxygen atoms in total. The maximum absolute atomic E-state index is 13.4. The smallest absolute Gasteiger partial charge is 0.416 e. The summed E-state index contributed by atoms with van der Waals surface area (Å²) in [4.78, 5) is 47.8. The number of thiophene rings is 1. The van der Waals surface area contributed by atoms with Crippen LogP contribution < -0.4 is 10.2 Å². The summed E-state index contributed by atoms with van der Waals surface area (Å²) in [5.41, 5.74) is 1.41. The maximum Gasteiger partial charge on any atom is 0.416 e. The molecule has 40 heavy (non-hydrogen) atoms. The van der Waals surface area contributed by atoms with Crippen molar-refractivity contribution >= 4 is 40.8 Å². The Hall–Kier alpha value is -3.76. The number of carbonyl (C=O) groups is 3. The number of pyridine rings is 1. The van der Waals surface area contributed by atoms with Crippen molar-refractivity contribution in [2.24, 2.45) is 0 Å². The van der Waals surface area contributed by atoms with Crippen molar-refractivity contribution in [1.29, 1.82) is 0 Å². The quantitative estimate of drug-likeness (QED) is 0.368. The third-order valence-electron chi connectivity index (χ3n) is 7.11. The van der Waals surface area contributed by atoms with Crippen LogP contribution in [0.2, 0.25) is 0 Å². The first-order chi connectivity index (χ1) is 19.0. The molecule has 10 heteroatoms. The molecule has 2 aliphatic rings. The molecule has 2 fully saturated rings. The predicted molar refractivity (Wildman–Crippen MR) is 155 cm³/mol. The number of carbonyl (C=O) groups excluding carboxylic acids is 3. The highest BCUT2D eigenvalue weighted by Gasteiger charge is 2.47. The number of aromatic nitrogens is 1. The Labute approximate surface area is 238 Å². The lowest BCUT2D eigenvalue weighted by Crippen LogP contribution is -2.45. The SMILES string of the molecule is CN1CCC2(CC1)CN(c1ccc(C(=O)Cc3cc(-c4cccs4)ccc3NC(=O)OC(C)(C)C)cn1)C(=O)O2. The van der Waals surface area contributed by atoms with Crippen LogP contribution in [0.15, 0.2) is 54.0 Å². The molecule has 0 unspecified atom stereocenters. The Morgan fingerprint density at radius 2 is 1.93 bits per heavy atom. The van der Waals surface area contributed by atoms with Gasteiger partial charge in [-0.25, -0.2) is 14.6 Å². The van der Waals surface area contributed by atoms with Gasteiger partial charge in [-0.15, -0.1) is 11.3 Å². The number of piperidine rings is 1. The van der Waals surface area contributed by atoms with Gasteiger partial charge in [0.05, 0.1) is 6.54 Å². The van der Waals surface area contributed by atoms with Crippen molar-refractivity contribution in [1.82, 2.24) is 9.88 Å². The Morgan fingerprint density at radius 1 is 1.15 bits per heavy atom. The van der Waals surface area contributed by atoms with Gasteiger partial charge in [-0.1, -0.05) is 12.1 Å². The number of ketones is 1. The van der Waals surface area contributed by atoms with Crippen molar-refractivity contribution in [2.75, 3.05) is 36.9 Å². The third kappa shape index (κ3) is 6.34. The second-order valence-corrected chi connectivity index (χ2v) is 12.4. The zero-order valence-electron chi connectivity index (χ0n) is 23.2. The van der Waals surface area contributed by atoms with Gasteiger partial charge in [0.25, 0.3) is 0 Å². The number of anilines is 2. The first-order valence-corrected chi connectivity index (χ1v) is 14.2. The minimum Gasteiger partial charge on any atom is -0.444 e. The molecule has 1 aromatic carbocycles. The number of nitrogens with zero attached hydrogens (tertiary/aromatic N) is 3. The largest absolute Gasteiger partial charge is 0.444 e. The number of amides is 2. The van der Waals surface area contributed by atoms with Gasteiger partial charge in [-0.2, -0.15) is 0 Å². The Balaban J connectivity index is 1.32. The molecule has 0 bridgehead atoms. The highest BCUT2D eigenvalue weighted by molar-refractivity contribution is 7.13. The Kier molecular flexibility index (Phi) is 7.65. The van der Waals surface area contributed by atoms with Crippen LogP contribution >= 0.6 is 11.3 Å². The molecule has 0 saturated carbocycles. The van der Waals surface area contributed by atoms with Crippen LogP contribution in [0.3, 0.4) is 0 Å². The summed E-state index contributed by atoms with van der Waals surface area (Å²) < 4.78 is 11.2. The molecule has 210 valence electrons. The van der Waals surface area contributed by atoms with E-state index in [-0.39, 0.29) is 12.2 Å². The summed E-state index contributed by atoms with van der Waals surface area (Å²) in [5.74, 6) is 0.301. The molecule has 0 aliphatic carbocycles. The Bertz CT molecular complexity index is 1390. The molecule has 2 saturated heterocycles. The number of likely N-dealkylation sites (tertiary alicyclic amines) is 1. The third-order valence-corrected chi connectivity index (χ3v) is 8.03. The lowest BCUT2D eigenvalue weighted by Gasteiger charge is -2.35. The molecular formula is C30H34N4O5S. The molecule has 0 atom stereocenters. The molecular weight excluding hydrogens is 528 g/mol. The van der Waals surface area contributed by atoms with Gasteiger partial charge < -0.3 is 14.4 Å². The van der Waals surface area contributed by atoms with E-state index in [0.29, 0.717) is 29.2 Å². The first kappa shape index (κ1) is 27.8. The van der Waals surface area contributed by atoms with E-state index in [0.717, 1.165) is 36.4 Å². The summed E-state index contributed by atoms with van der Waals surface area (Å²) in [6, 6.07) is 13.0. The normalized spacial score (nSPS) is 17.1. The van der Waals surface area contributed by atoms with E-state index >= 15 is 0 Å². The summed E-state index contributed by atoms with van der Waals surface area (Å²) in [6.07, 6.45) is 2.12. The van der Waals surface area contributed by atoms with E-state index < -0.39 is 23.4 Å². The van der Waals surface area contributed by atoms with Crippen LogP contribution in [0.4, 0.5) is 21.1 Å². The number of benzene rings is 1. The van der Waals surface area contributed by atoms with Crippen molar-refractivity contribution < 1.29 is 23.9 Å². The molecule has 1 N–H and O–H groups in total. The molecule has 3 aromatic rings. The predicted octanol–water partition coefficient (Wildman–Crippen LogP) is 6.00. The zero-order chi connectivity index (χ0) is 28.5.